The van der Waals surface area contributed by atoms with Crippen LogP contribution in [0.5, 0.6) is 0 Å². The summed E-state index contributed by atoms with van der Waals surface area (Å²) in [5.41, 5.74) is 0. The van der Waals surface area contributed by atoms with Crippen LogP contribution >= 0.6 is 0 Å². The molecule has 1 saturated heterocycles. The first kappa shape index (κ1) is 12.8. The highest BCUT2D eigenvalue weighted by atomic mass is 16.5. The lowest BCUT2D eigenvalue weighted by molar-refractivity contribution is -0.153. The number of aliphatic hydroxyl groups is 1. The Labute approximate surface area is 104 Å². The van der Waals surface area contributed by atoms with E-state index in [9.17, 15) is 19.5 Å². The fraction of sp³-hybridized carbons (Fsp3) is 0.583. The summed E-state index contributed by atoms with van der Waals surface area (Å²) in [6.45, 7) is -0.322. The Bertz CT molecular complexity index is 391. The number of ether oxygens (including phenoxy) is 1. The minimum atomic E-state index is -1.48. The van der Waals surface area contributed by atoms with Crippen molar-refractivity contribution in [2.24, 2.45) is 11.8 Å². The maximum absolute atomic E-state index is 12.0. The summed E-state index contributed by atoms with van der Waals surface area (Å²) in [5.74, 6) is -2.14. The SMILES string of the molecule is COC(=O)C(O)CN1C(=O)[C@H]2CC=CC[C@H]2C1=O. The molecule has 0 aromatic rings. The third kappa shape index (κ3) is 2.03. The Morgan fingerprint density at radius 2 is 1.89 bits per heavy atom. The van der Waals surface area contributed by atoms with Crippen molar-refractivity contribution in [3.8, 4) is 0 Å². The fourth-order valence-corrected chi connectivity index (χ4v) is 2.43. The lowest BCUT2D eigenvalue weighted by Gasteiger charge is -2.17. The number of β-amino-alcohol motifs (C(OH)–C–C–N with tert-alkyl or cyclic N) is 1. The highest BCUT2D eigenvalue weighted by molar-refractivity contribution is 6.05. The second kappa shape index (κ2) is 4.89. The molecule has 0 aromatic carbocycles. The highest BCUT2D eigenvalue weighted by Crippen LogP contribution is 2.34. The zero-order valence-corrected chi connectivity index (χ0v) is 10.0. The van der Waals surface area contributed by atoms with Gasteiger partial charge in [0.1, 0.15) is 0 Å². The number of fused-ring (bicyclic) bond motifs is 1. The fourth-order valence-electron chi connectivity index (χ4n) is 2.43. The number of aliphatic hydroxyl groups excluding tert-OH is 1. The van der Waals surface area contributed by atoms with Crippen molar-refractivity contribution in [1.29, 1.82) is 0 Å². The van der Waals surface area contributed by atoms with Crippen LogP contribution in [0.4, 0.5) is 0 Å². The molecular formula is C12H15NO5. The van der Waals surface area contributed by atoms with Gasteiger partial charge < -0.3 is 9.84 Å². The van der Waals surface area contributed by atoms with Gasteiger partial charge in [0.25, 0.3) is 0 Å². The first-order chi connectivity index (χ1) is 8.56. The lowest BCUT2D eigenvalue weighted by atomic mass is 9.85. The lowest BCUT2D eigenvalue weighted by Crippen LogP contribution is -2.41. The van der Waals surface area contributed by atoms with Gasteiger partial charge in [-0.3, -0.25) is 14.5 Å². The number of imide groups is 1. The number of hydrogen-bond donors (Lipinski definition) is 1. The second-order valence-corrected chi connectivity index (χ2v) is 4.48. The predicted octanol–water partition coefficient (Wildman–Crippen LogP) is -0.529. The third-order valence-electron chi connectivity index (χ3n) is 3.43. The van der Waals surface area contributed by atoms with Crippen molar-refractivity contribution >= 4 is 17.8 Å². The van der Waals surface area contributed by atoms with Crippen molar-refractivity contribution < 1.29 is 24.2 Å². The summed E-state index contributed by atoms with van der Waals surface area (Å²) >= 11 is 0. The minimum absolute atomic E-state index is 0.308. The van der Waals surface area contributed by atoms with Gasteiger partial charge in [-0.25, -0.2) is 4.79 Å². The Morgan fingerprint density at radius 1 is 1.39 bits per heavy atom. The molecule has 18 heavy (non-hydrogen) atoms. The molecule has 1 aliphatic carbocycles. The van der Waals surface area contributed by atoms with E-state index in [-0.39, 0.29) is 30.2 Å². The van der Waals surface area contributed by atoms with Crippen molar-refractivity contribution in [3.05, 3.63) is 12.2 Å². The quantitative estimate of drug-likeness (QED) is 0.415. The van der Waals surface area contributed by atoms with Crippen LogP contribution in [0, 0.1) is 11.8 Å². The van der Waals surface area contributed by atoms with Crippen LogP contribution in [0.3, 0.4) is 0 Å². The molecule has 0 radical (unpaired) electrons. The van der Waals surface area contributed by atoms with E-state index in [0.717, 1.165) is 12.0 Å². The van der Waals surface area contributed by atoms with Gasteiger partial charge in [0.05, 0.1) is 25.5 Å². The molecule has 1 N–H and O–H groups in total. The molecule has 98 valence electrons. The average molecular weight is 253 g/mol. The molecule has 2 rings (SSSR count). The molecule has 6 heteroatoms. The molecule has 0 saturated carbocycles. The van der Waals surface area contributed by atoms with Gasteiger partial charge >= 0.3 is 5.97 Å². The normalized spacial score (nSPS) is 28.2. The first-order valence-corrected chi connectivity index (χ1v) is 5.82. The standard InChI is InChI=1S/C12H15NO5/c1-18-12(17)9(14)6-13-10(15)7-4-2-3-5-8(7)11(13)16/h2-3,7-9,14H,4-6H2,1H3/t7-,8+,9?. The van der Waals surface area contributed by atoms with E-state index in [1.165, 1.54) is 0 Å². The van der Waals surface area contributed by atoms with Crippen LogP contribution in [-0.2, 0) is 19.1 Å². The maximum atomic E-state index is 12.0. The number of rotatable bonds is 3. The number of allylic oxidation sites excluding steroid dienone is 2. The van der Waals surface area contributed by atoms with Crippen molar-refractivity contribution in [2.45, 2.75) is 18.9 Å². The minimum Gasteiger partial charge on any atom is -0.467 e. The average Bonchev–Trinajstić information content (AvgIpc) is 2.63. The molecular weight excluding hydrogens is 238 g/mol. The van der Waals surface area contributed by atoms with E-state index in [2.05, 4.69) is 4.74 Å². The van der Waals surface area contributed by atoms with Gasteiger partial charge in [-0.1, -0.05) is 12.2 Å². The van der Waals surface area contributed by atoms with Gasteiger partial charge in [-0.15, -0.1) is 0 Å². The Hall–Kier alpha value is -1.69. The van der Waals surface area contributed by atoms with E-state index >= 15 is 0 Å². The summed E-state index contributed by atoms with van der Waals surface area (Å²) in [6.07, 6.45) is 3.37. The van der Waals surface area contributed by atoms with Crippen molar-refractivity contribution in [3.63, 3.8) is 0 Å². The van der Waals surface area contributed by atoms with Crippen molar-refractivity contribution in [1.82, 2.24) is 4.90 Å². The largest absolute Gasteiger partial charge is 0.467 e. The molecule has 3 atom stereocenters. The molecule has 2 amide bonds. The maximum Gasteiger partial charge on any atom is 0.336 e. The van der Waals surface area contributed by atoms with Crippen molar-refractivity contribution in [2.75, 3.05) is 13.7 Å². The number of hydrogen-bond acceptors (Lipinski definition) is 5. The summed E-state index contributed by atoms with van der Waals surface area (Å²) in [4.78, 5) is 36.1. The van der Waals surface area contributed by atoms with Crippen LogP contribution in [0.2, 0.25) is 0 Å². The molecule has 0 aromatic heterocycles. The molecule has 1 unspecified atom stereocenters. The van der Waals surface area contributed by atoms with E-state index < -0.39 is 12.1 Å². The van der Waals surface area contributed by atoms with Crippen LogP contribution in [0.15, 0.2) is 12.2 Å². The molecule has 2 aliphatic rings. The predicted molar refractivity (Wildman–Crippen MR) is 60.1 cm³/mol. The third-order valence-corrected chi connectivity index (χ3v) is 3.43. The number of carbonyl (C=O) groups excluding carboxylic acids is 3. The highest BCUT2D eigenvalue weighted by Gasteiger charge is 2.47. The Morgan fingerprint density at radius 3 is 2.33 bits per heavy atom. The molecule has 1 fully saturated rings. The molecule has 1 aliphatic heterocycles. The van der Waals surface area contributed by atoms with Gasteiger partial charge in [0.2, 0.25) is 11.8 Å². The molecule has 0 spiro atoms. The number of methoxy groups -OCH3 is 1. The summed E-state index contributed by atoms with van der Waals surface area (Å²) in [7, 11) is 1.14. The summed E-state index contributed by atoms with van der Waals surface area (Å²) < 4.78 is 4.36. The number of nitrogens with zero attached hydrogens (tertiary/aromatic N) is 1. The van der Waals surface area contributed by atoms with E-state index in [4.69, 9.17) is 0 Å². The van der Waals surface area contributed by atoms with E-state index in [0.29, 0.717) is 12.8 Å². The smallest absolute Gasteiger partial charge is 0.336 e. The molecule has 1 heterocycles. The second-order valence-electron chi connectivity index (χ2n) is 4.48. The zero-order chi connectivity index (χ0) is 13.3. The number of esters is 1. The van der Waals surface area contributed by atoms with Gasteiger partial charge in [0, 0.05) is 0 Å². The molecule has 0 bridgehead atoms. The van der Waals surface area contributed by atoms with E-state index in [1.807, 2.05) is 12.2 Å². The number of amides is 2. The topological polar surface area (TPSA) is 83.9 Å². The summed E-state index contributed by atoms with van der Waals surface area (Å²) in [6, 6.07) is 0. The van der Waals surface area contributed by atoms with Gasteiger partial charge in [0.15, 0.2) is 6.10 Å². The van der Waals surface area contributed by atoms with Gasteiger partial charge in [-0.2, -0.15) is 0 Å². The summed E-state index contributed by atoms with van der Waals surface area (Å²) in [5, 5.41) is 9.51. The Balaban J connectivity index is 2.09. The Kier molecular flexibility index (Phi) is 3.47. The van der Waals surface area contributed by atoms with E-state index in [1.54, 1.807) is 0 Å². The van der Waals surface area contributed by atoms with Crippen LogP contribution in [0.25, 0.3) is 0 Å². The van der Waals surface area contributed by atoms with Crippen LogP contribution in [0.1, 0.15) is 12.8 Å². The van der Waals surface area contributed by atoms with Gasteiger partial charge in [-0.05, 0) is 12.8 Å². The first-order valence-electron chi connectivity index (χ1n) is 5.82. The molecule has 6 nitrogen and oxygen atoms in total. The van der Waals surface area contributed by atoms with Crippen LogP contribution < -0.4 is 0 Å². The number of carbonyl (C=O) groups is 3. The monoisotopic (exact) mass is 253 g/mol. The number of likely N-dealkylation sites (tertiary alicyclic amines) is 1. The van der Waals surface area contributed by atoms with Crippen LogP contribution in [-0.4, -0.2) is 47.5 Å². The zero-order valence-electron chi connectivity index (χ0n) is 10.0.